The van der Waals surface area contributed by atoms with Crippen molar-refractivity contribution in [3.05, 3.63) is 0 Å². The first-order valence-corrected chi connectivity index (χ1v) is 4.83. The standard InChI is InChI=1S/C8H14O2S/c1-8(10)11-7-5-3-2-4-6-9/h6H,2-5,7H2,1H3. The summed E-state index contributed by atoms with van der Waals surface area (Å²) in [6, 6.07) is 0. The van der Waals surface area contributed by atoms with Crippen molar-refractivity contribution in [2.45, 2.75) is 32.6 Å². The van der Waals surface area contributed by atoms with Crippen LogP contribution in [0.4, 0.5) is 0 Å². The number of thioether (sulfide) groups is 1. The van der Waals surface area contributed by atoms with Gasteiger partial charge in [0.1, 0.15) is 6.29 Å². The molecule has 0 radical (unpaired) electrons. The monoisotopic (exact) mass is 174 g/mol. The number of aldehydes is 1. The third-order valence-corrected chi connectivity index (χ3v) is 2.17. The van der Waals surface area contributed by atoms with Gasteiger partial charge in [-0.3, -0.25) is 4.79 Å². The molecule has 0 atom stereocenters. The van der Waals surface area contributed by atoms with Gasteiger partial charge in [-0.2, -0.15) is 0 Å². The van der Waals surface area contributed by atoms with E-state index in [2.05, 4.69) is 0 Å². The van der Waals surface area contributed by atoms with Gasteiger partial charge in [0.25, 0.3) is 0 Å². The molecule has 0 unspecified atom stereocenters. The van der Waals surface area contributed by atoms with Crippen molar-refractivity contribution in [3.63, 3.8) is 0 Å². The fourth-order valence-electron chi connectivity index (χ4n) is 0.722. The van der Waals surface area contributed by atoms with Gasteiger partial charge in [0.2, 0.25) is 0 Å². The summed E-state index contributed by atoms with van der Waals surface area (Å²) in [7, 11) is 0. The Labute approximate surface area is 71.7 Å². The summed E-state index contributed by atoms with van der Waals surface area (Å²) < 4.78 is 0. The van der Waals surface area contributed by atoms with Crippen LogP contribution < -0.4 is 0 Å². The molecule has 3 heteroatoms. The second-order valence-corrected chi connectivity index (χ2v) is 3.63. The number of hydrogen-bond donors (Lipinski definition) is 0. The highest BCUT2D eigenvalue weighted by Gasteiger charge is 1.93. The molecule has 0 spiro atoms. The summed E-state index contributed by atoms with van der Waals surface area (Å²) in [5.74, 6) is 0.897. The first-order valence-electron chi connectivity index (χ1n) is 3.84. The highest BCUT2D eigenvalue weighted by Crippen LogP contribution is 2.07. The molecule has 0 fully saturated rings. The minimum Gasteiger partial charge on any atom is -0.303 e. The Kier molecular flexibility index (Phi) is 7.57. The molecular formula is C8H14O2S. The van der Waals surface area contributed by atoms with Gasteiger partial charge in [0, 0.05) is 19.1 Å². The molecule has 0 aliphatic carbocycles. The van der Waals surface area contributed by atoms with Crippen LogP contribution in [0.1, 0.15) is 32.6 Å². The molecule has 0 N–H and O–H groups in total. The van der Waals surface area contributed by atoms with Gasteiger partial charge < -0.3 is 4.79 Å². The first-order chi connectivity index (χ1) is 5.27. The fourth-order valence-corrected chi connectivity index (χ4v) is 1.36. The number of carbonyl (C=O) groups excluding carboxylic acids is 2. The Morgan fingerprint density at radius 1 is 1.36 bits per heavy atom. The van der Waals surface area contributed by atoms with E-state index in [1.54, 1.807) is 6.92 Å². The number of hydrogen-bond acceptors (Lipinski definition) is 3. The minimum atomic E-state index is 0.181. The Hall–Kier alpha value is -0.310. The topological polar surface area (TPSA) is 34.1 Å². The predicted molar refractivity (Wildman–Crippen MR) is 47.7 cm³/mol. The maximum Gasteiger partial charge on any atom is 0.185 e. The molecular weight excluding hydrogens is 160 g/mol. The second kappa shape index (κ2) is 7.79. The molecule has 0 saturated carbocycles. The van der Waals surface area contributed by atoms with Crippen LogP contribution in [0.25, 0.3) is 0 Å². The Morgan fingerprint density at radius 3 is 2.64 bits per heavy atom. The molecule has 2 nitrogen and oxygen atoms in total. The average Bonchev–Trinajstić information content (AvgIpc) is 1.96. The van der Waals surface area contributed by atoms with Crippen LogP contribution in [0.2, 0.25) is 0 Å². The van der Waals surface area contributed by atoms with Crippen molar-refractivity contribution in [2.24, 2.45) is 0 Å². The predicted octanol–water partition coefficient (Wildman–Crippen LogP) is 2.03. The zero-order chi connectivity index (χ0) is 8.53. The van der Waals surface area contributed by atoms with Gasteiger partial charge in [-0.15, -0.1) is 0 Å². The van der Waals surface area contributed by atoms with E-state index in [4.69, 9.17) is 0 Å². The van der Waals surface area contributed by atoms with Crippen LogP contribution in [-0.4, -0.2) is 17.2 Å². The molecule has 0 aromatic rings. The lowest BCUT2D eigenvalue weighted by atomic mass is 10.2. The SMILES string of the molecule is CC(=O)SCCCCCC=O. The number of unbranched alkanes of at least 4 members (excludes halogenated alkanes) is 3. The molecule has 0 aliphatic rings. The first kappa shape index (κ1) is 10.7. The zero-order valence-corrected chi connectivity index (χ0v) is 7.65. The van der Waals surface area contributed by atoms with Crippen LogP contribution in [-0.2, 0) is 9.59 Å². The smallest absolute Gasteiger partial charge is 0.185 e. The number of carbonyl (C=O) groups is 2. The Balaban J connectivity index is 2.90. The molecule has 0 aromatic heterocycles. The Bertz CT molecular complexity index is 123. The zero-order valence-electron chi connectivity index (χ0n) is 6.84. The van der Waals surface area contributed by atoms with Crippen LogP contribution >= 0.6 is 11.8 Å². The van der Waals surface area contributed by atoms with Gasteiger partial charge in [-0.25, -0.2) is 0 Å². The van der Waals surface area contributed by atoms with Gasteiger partial charge >= 0.3 is 0 Å². The van der Waals surface area contributed by atoms with Crippen molar-refractivity contribution in [1.82, 2.24) is 0 Å². The molecule has 0 saturated heterocycles. The van der Waals surface area contributed by atoms with E-state index in [9.17, 15) is 9.59 Å². The van der Waals surface area contributed by atoms with Crippen LogP contribution in [0, 0.1) is 0 Å². The maximum absolute atomic E-state index is 10.4. The maximum atomic E-state index is 10.4. The average molecular weight is 174 g/mol. The minimum absolute atomic E-state index is 0.181. The van der Waals surface area contributed by atoms with Crippen molar-refractivity contribution >= 4 is 23.2 Å². The molecule has 0 heterocycles. The molecule has 11 heavy (non-hydrogen) atoms. The normalized spacial score (nSPS) is 9.55. The van der Waals surface area contributed by atoms with Crippen molar-refractivity contribution in [3.8, 4) is 0 Å². The van der Waals surface area contributed by atoms with E-state index in [1.165, 1.54) is 11.8 Å². The summed E-state index contributed by atoms with van der Waals surface area (Å²) in [6.07, 6.45) is 4.65. The highest BCUT2D eigenvalue weighted by molar-refractivity contribution is 8.13. The van der Waals surface area contributed by atoms with Gasteiger partial charge in [0.05, 0.1) is 0 Å². The van der Waals surface area contributed by atoms with E-state index in [0.29, 0.717) is 6.42 Å². The fraction of sp³-hybridized carbons (Fsp3) is 0.750. The lowest BCUT2D eigenvalue weighted by Gasteiger charge is -1.95. The van der Waals surface area contributed by atoms with E-state index in [-0.39, 0.29) is 5.12 Å². The van der Waals surface area contributed by atoms with E-state index >= 15 is 0 Å². The van der Waals surface area contributed by atoms with E-state index < -0.39 is 0 Å². The van der Waals surface area contributed by atoms with Crippen molar-refractivity contribution < 1.29 is 9.59 Å². The molecule has 0 aliphatic heterocycles. The largest absolute Gasteiger partial charge is 0.303 e. The third kappa shape index (κ3) is 9.69. The van der Waals surface area contributed by atoms with E-state index in [1.807, 2.05) is 0 Å². The quantitative estimate of drug-likeness (QED) is 0.456. The van der Waals surface area contributed by atoms with Gasteiger partial charge in [-0.05, 0) is 12.8 Å². The van der Waals surface area contributed by atoms with Gasteiger partial charge in [0.15, 0.2) is 5.12 Å². The summed E-state index contributed by atoms with van der Waals surface area (Å²) in [6.45, 7) is 1.58. The van der Waals surface area contributed by atoms with Gasteiger partial charge in [-0.1, -0.05) is 18.2 Å². The van der Waals surface area contributed by atoms with Crippen LogP contribution in [0.15, 0.2) is 0 Å². The molecule has 0 bridgehead atoms. The van der Waals surface area contributed by atoms with Crippen LogP contribution in [0.5, 0.6) is 0 Å². The second-order valence-electron chi connectivity index (χ2n) is 2.36. The lowest BCUT2D eigenvalue weighted by molar-refractivity contribution is -0.109. The Morgan fingerprint density at radius 2 is 2.09 bits per heavy atom. The summed E-state index contributed by atoms with van der Waals surface area (Å²) >= 11 is 1.36. The lowest BCUT2D eigenvalue weighted by Crippen LogP contribution is -1.86. The van der Waals surface area contributed by atoms with E-state index in [0.717, 1.165) is 31.3 Å². The molecule has 0 aromatic carbocycles. The molecule has 0 amide bonds. The van der Waals surface area contributed by atoms with Crippen molar-refractivity contribution in [1.29, 1.82) is 0 Å². The number of rotatable bonds is 6. The van der Waals surface area contributed by atoms with Crippen LogP contribution in [0.3, 0.4) is 0 Å². The summed E-state index contributed by atoms with van der Waals surface area (Å²) in [4.78, 5) is 20.3. The highest BCUT2D eigenvalue weighted by atomic mass is 32.2. The molecule has 64 valence electrons. The van der Waals surface area contributed by atoms with Crippen molar-refractivity contribution in [2.75, 3.05) is 5.75 Å². The summed E-state index contributed by atoms with van der Waals surface area (Å²) in [5.41, 5.74) is 0. The summed E-state index contributed by atoms with van der Waals surface area (Å²) in [5, 5.41) is 0.181. The third-order valence-electron chi connectivity index (χ3n) is 1.27. The molecule has 0 rings (SSSR count).